The van der Waals surface area contributed by atoms with Crippen molar-refractivity contribution < 1.29 is 4.42 Å². The lowest BCUT2D eigenvalue weighted by molar-refractivity contribution is 0.500. The minimum absolute atomic E-state index is 0.0942. The summed E-state index contributed by atoms with van der Waals surface area (Å²) >= 11 is 5.16. The highest BCUT2D eigenvalue weighted by molar-refractivity contribution is 7.80. The second kappa shape index (κ2) is 5.85. The molecule has 0 fully saturated rings. The largest absolute Gasteiger partial charge is 0.466 e. The fraction of sp³-hybridized carbons (Fsp3) is 0.375. The molecule has 2 rings (SSSR count). The molecule has 2 aromatic heterocycles. The van der Waals surface area contributed by atoms with E-state index in [9.17, 15) is 0 Å². The van der Waals surface area contributed by atoms with Gasteiger partial charge in [0.15, 0.2) is 0 Å². The van der Waals surface area contributed by atoms with Crippen molar-refractivity contribution in [2.45, 2.75) is 40.7 Å². The molecule has 4 nitrogen and oxygen atoms in total. The number of hydrogen-bond acceptors (Lipinski definition) is 4. The predicted octanol–water partition coefficient (Wildman–Crippen LogP) is 3.72. The Balaban J connectivity index is 2.39. The van der Waals surface area contributed by atoms with Crippen LogP contribution < -0.4 is 11.1 Å². The molecule has 21 heavy (non-hydrogen) atoms. The molecule has 0 spiro atoms. The van der Waals surface area contributed by atoms with Crippen molar-refractivity contribution >= 4 is 22.9 Å². The van der Waals surface area contributed by atoms with E-state index in [2.05, 4.69) is 17.2 Å². The Hall–Kier alpha value is -1.88. The van der Waals surface area contributed by atoms with Gasteiger partial charge in [0.05, 0.1) is 11.6 Å². The molecule has 2 aromatic rings. The third-order valence-corrected chi connectivity index (χ3v) is 3.70. The third-order valence-electron chi connectivity index (χ3n) is 3.49. The number of nitrogens with zero attached hydrogens (tertiary/aromatic N) is 1. The maximum Gasteiger partial charge on any atom is 0.107 e. The molecule has 0 amide bonds. The molecule has 0 aliphatic rings. The van der Waals surface area contributed by atoms with Crippen LogP contribution in [0.3, 0.4) is 0 Å². The lowest BCUT2D eigenvalue weighted by atomic mass is 10.1. The highest BCUT2D eigenvalue weighted by Crippen LogP contribution is 2.28. The summed E-state index contributed by atoms with van der Waals surface area (Å²) in [6.45, 7) is 9.89. The van der Waals surface area contributed by atoms with Crippen LogP contribution in [-0.2, 0) is 0 Å². The van der Waals surface area contributed by atoms with E-state index in [0.717, 1.165) is 39.7 Å². The first-order valence-corrected chi connectivity index (χ1v) is 7.32. The van der Waals surface area contributed by atoms with E-state index in [0.29, 0.717) is 4.99 Å². The molecule has 5 heteroatoms. The number of thiocarbonyl (C=S) groups is 1. The van der Waals surface area contributed by atoms with Gasteiger partial charge in [-0.3, -0.25) is 4.98 Å². The lowest BCUT2D eigenvalue weighted by Crippen LogP contribution is -2.18. The zero-order chi connectivity index (χ0) is 15.7. The smallest absolute Gasteiger partial charge is 0.107 e. The summed E-state index contributed by atoms with van der Waals surface area (Å²) in [7, 11) is 0. The van der Waals surface area contributed by atoms with Gasteiger partial charge in [-0.1, -0.05) is 12.2 Å². The van der Waals surface area contributed by atoms with E-state index >= 15 is 0 Å². The summed E-state index contributed by atoms with van der Waals surface area (Å²) < 4.78 is 5.60. The lowest BCUT2D eigenvalue weighted by Gasteiger charge is -2.19. The number of aryl methyl sites for hydroxylation is 4. The van der Waals surface area contributed by atoms with Gasteiger partial charge in [0.25, 0.3) is 0 Å². The molecule has 0 saturated heterocycles. The number of anilines is 1. The average Bonchev–Trinajstić information content (AvgIpc) is 2.66. The van der Waals surface area contributed by atoms with Crippen molar-refractivity contribution in [1.82, 2.24) is 4.98 Å². The van der Waals surface area contributed by atoms with Gasteiger partial charge in [0.1, 0.15) is 16.5 Å². The van der Waals surface area contributed by atoms with Gasteiger partial charge in [-0.25, -0.2) is 0 Å². The van der Waals surface area contributed by atoms with Gasteiger partial charge in [-0.05, 0) is 46.8 Å². The molecule has 0 aliphatic carbocycles. The first-order valence-electron chi connectivity index (χ1n) is 6.91. The monoisotopic (exact) mass is 303 g/mol. The molecule has 1 unspecified atom stereocenters. The molecule has 0 saturated carbocycles. The molecule has 0 radical (unpaired) electrons. The molecule has 112 valence electrons. The molecule has 0 bridgehead atoms. The second-order valence-electron chi connectivity index (χ2n) is 5.37. The maximum atomic E-state index is 5.85. The Morgan fingerprint density at radius 3 is 2.48 bits per heavy atom. The van der Waals surface area contributed by atoms with Crippen molar-refractivity contribution in [3.05, 3.63) is 46.2 Å². The summed E-state index contributed by atoms with van der Waals surface area (Å²) in [5.41, 5.74) is 10.5. The Bertz CT molecular complexity index is 691. The normalized spacial score (nSPS) is 12.2. The van der Waals surface area contributed by atoms with E-state index in [1.165, 1.54) is 0 Å². The third kappa shape index (κ3) is 3.24. The fourth-order valence-corrected chi connectivity index (χ4v) is 2.90. The molecular formula is C16H21N3OS. The molecule has 0 aliphatic heterocycles. The van der Waals surface area contributed by atoms with Gasteiger partial charge < -0.3 is 15.5 Å². The first kappa shape index (κ1) is 15.5. The van der Waals surface area contributed by atoms with E-state index in [4.69, 9.17) is 22.4 Å². The van der Waals surface area contributed by atoms with Gasteiger partial charge >= 0.3 is 0 Å². The van der Waals surface area contributed by atoms with Crippen LogP contribution in [0, 0.1) is 27.7 Å². The van der Waals surface area contributed by atoms with Crippen molar-refractivity contribution in [1.29, 1.82) is 0 Å². The van der Waals surface area contributed by atoms with Gasteiger partial charge in [0.2, 0.25) is 0 Å². The van der Waals surface area contributed by atoms with Crippen LogP contribution >= 0.6 is 12.2 Å². The van der Waals surface area contributed by atoms with E-state index in [1.807, 2.05) is 39.8 Å². The number of rotatable bonds is 4. The Kier molecular flexibility index (Phi) is 4.32. The van der Waals surface area contributed by atoms with E-state index in [-0.39, 0.29) is 6.04 Å². The Morgan fingerprint density at radius 2 is 1.95 bits per heavy atom. The summed E-state index contributed by atoms with van der Waals surface area (Å²) in [6.07, 6.45) is 0. The summed E-state index contributed by atoms with van der Waals surface area (Å²) in [5, 5.41) is 3.48. The summed E-state index contributed by atoms with van der Waals surface area (Å²) in [5.74, 6) is 1.83. The van der Waals surface area contributed by atoms with Crippen LogP contribution in [0.4, 0.5) is 5.69 Å². The highest BCUT2D eigenvalue weighted by atomic mass is 32.1. The second-order valence-corrected chi connectivity index (χ2v) is 5.81. The standard InChI is InChI=1S/C16H21N3OS/c1-8-6-14(15(16(17)21)11(4)18-8)19-10(3)13-7-9(2)20-12(13)5/h6-7,10H,1-5H3,(H2,17,21)(H,18,19). The number of pyridine rings is 1. The van der Waals surface area contributed by atoms with E-state index in [1.54, 1.807) is 0 Å². The zero-order valence-corrected chi connectivity index (χ0v) is 13.9. The number of hydrogen-bond donors (Lipinski definition) is 2. The average molecular weight is 303 g/mol. The highest BCUT2D eigenvalue weighted by Gasteiger charge is 2.17. The van der Waals surface area contributed by atoms with Gasteiger partial charge in [-0.15, -0.1) is 0 Å². The SMILES string of the molecule is Cc1cc(NC(C)c2cc(C)oc2C)c(C(N)=S)c(C)n1. The van der Waals surface area contributed by atoms with Crippen molar-refractivity contribution in [2.24, 2.45) is 5.73 Å². The Labute approximate surface area is 130 Å². The van der Waals surface area contributed by atoms with Gasteiger partial charge in [-0.2, -0.15) is 0 Å². The molecular weight excluding hydrogens is 282 g/mol. The zero-order valence-electron chi connectivity index (χ0n) is 13.1. The molecule has 2 heterocycles. The van der Waals surface area contributed by atoms with Crippen molar-refractivity contribution in [3.63, 3.8) is 0 Å². The number of nitrogens with two attached hydrogens (primary N) is 1. The summed E-state index contributed by atoms with van der Waals surface area (Å²) in [6, 6.07) is 4.12. The topological polar surface area (TPSA) is 64.1 Å². The minimum atomic E-state index is 0.0942. The Morgan fingerprint density at radius 1 is 1.29 bits per heavy atom. The molecule has 0 aromatic carbocycles. The fourth-order valence-electron chi connectivity index (χ4n) is 2.64. The molecule has 3 N–H and O–H groups in total. The minimum Gasteiger partial charge on any atom is -0.466 e. The van der Waals surface area contributed by atoms with Crippen molar-refractivity contribution in [3.8, 4) is 0 Å². The maximum absolute atomic E-state index is 5.85. The predicted molar refractivity (Wildman–Crippen MR) is 89.8 cm³/mol. The number of nitrogens with one attached hydrogen (secondary N) is 1. The van der Waals surface area contributed by atoms with Crippen LogP contribution in [0.15, 0.2) is 16.5 Å². The first-order chi connectivity index (χ1) is 9.79. The van der Waals surface area contributed by atoms with Crippen LogP contribution in [0.1, 0.15) is 47.0 Å². The number of aromatic nitrogens is 1. The van der Waals surface area contributed by atoms with Crippen molar-refractivity contribution in [2.75, 3.05) is 5.32 Å². The van der Waals surface area contributed by atoms with Crippen LogP contribution in [0.2, 0.25) is 0 Å². The quantitative estimate of drug-likeness (QED) is 0.843. The molecule has 1 atom stereocenters. The van der Waals surface area contributed by atoms with Crippen LogP contribution in [0.25, 0.3) is 0 Å². The van der Waals surface area contributed by atoms with Gasteiger partial charge in [0, 0.05) is 22.6 Å². The number of furan rings is 1. The van der Waals surface area contributed by atoms with Crippen LogP contribution in [-0.4, -0.2) is 9.97 Å². The van der Waals surface area contributed by atoms with E-state index < -0.39 is 0 Å². The summed E-state index contributed by atoms with van der Waals surface area (Å²) in [4.78, 5) is 4.79. The van der Waals surface area contributed by atoms with Crippen LogP contribution in [0.5, 0.6) is 0 Å².